The zero-order valence-corrected chi connectivity index (χ0v) is 8.14. The molecule has 0 amide bonds. The van der Waals surface area contributed by atoms with E-state index in [1.807, 2.05) is 0 Å². The molecule has 0 aliphatic carbocycles. The third kappa shape index (κ3) is 5.22. The number of rotatable bonds is 6. The van der Waals surface area contributed by atoms with Gasteiger partial charge >= 0.3 is 0 Å². The van der Waals surface area contributed by atoms with E-state index in [1.165, 1.54) is 19.4 Å². The summed E-state index contributed by atoms with van der Waals surface area (Å²) in [7, 11) is 2.17. The lowest BCUT2D eigenvalue weighted by atomic mass is 10.1. The summed E-state index contributed by atoms with van der Waals surface area (Å²) in [5.41, 5.74) is 5.60. The monoisotopic (exact) mass is 158 g/mol. The number of nitrogens with zero attached hydrogens (tertiary/aromatic N) is 1. The van der Waals surface area contributed by atoms with Crippen LogP contribution in [-0.4, -0.2) is 31.6 Å². The summed E-state index contributed by atoms with van der Waals surface area (Å²) in [6.07, 6.45) is 2.43. The zero-order chi connectivity index (χ0) is 8.69. The van der Waals surface area contributed by atoms with Gasteiger partial charge in [0.25, 0.3) is 0 Å². The Balaban J connectivity index is 3.44. The maximum absolute atomic E-state index is 5.60. The first-order valence-electron chi connectivity index (χ1n) is 4.63. The van der Waals surface area contributed by atoms with Gasteiger partial charge in [-0.25, -0.2) is 0 Å². The molecular formula is C9H22N2. The molecule has 0 aromatic heterocycles. The van der Waals surface area contributed by atoms with Crippen molar-refractivity contribution < 1.29 is 0 Å². The van der Waals surface area contributed by atoms with Gasteiger partial charge in [0.05, 0.1) is 0 Å². The van der Waals surface area contributed by atoms with Crippen LogP contribution < -0.4 is 5.73 Å². The molecule has 0 saturated heterocycles. The molecule has 0 rings (SSSR count). The molecule has 0 radical (unpaired) electrons. The number of nitrogens with two attached hydrogens (primary N) is 1. The lowest BCUT2D eigenvalue weighted by Gasteiger charge is -2.21. The van der Waals surface area contributed by atoms with Gasteiger partial charge in [-0.3, -0.25) is 0 Å². The molecule has 1 unspecified atom stereocenters. The molecule has 11 heavy (non-hydrogen) atoms. The van der Waals surface area contributed by atoms with Crippen LogP contribution in [0.1, 0.15) is 26.7 Å². The molecule has 0 aliphatic heterocycles. The Labute approximate surface area is 70.8 Å². The predicted octanol–water partition coefficient (Wildman–Crippen LogP) is 1.31. The van der Waals surface area contributed by atoms with Crippen LogP contribution in [0.5, 0.6) is 0 Å². The van der Waals surface area contributed by atoms with E-state index >= 15 is 0 Å². The van der Waals surface area contributed by atoms with E-state index in [9.17, 15) is 0 Å². The van der Waals surface area contributed by atoms with E-state index in [4.69, 9.17) is 5.73 Å². The highest BCUT2D eigenvalue weighted by molar-refractivity contribution is 4.62. The summed E-state index contributed by atoms with van der Waals surface area (Å²) >= 11 is 0. The second-order valence-corrected chi connectivity index (χ2v) is 3.27. The topological polar surface area (TPSA) is 29.3 Å². The second-order valence-electron chi connectivity index (χ2n) is 3.27. The molecule has 0 saturated carbocycles. The van der Waals surface area contributed by atoms with E-state index in [0.29, 0.717) is 5.92 Å². The lowest BCUT2D eigenvalue weighted by Crippen LogP contribution is -2.30. The molecule has 0 bridgehead atoms. The van der Waals surface area contributed by atoms with Gasteiger partial charge in [0, 0.05) is 6.54 Å². The van der Waals surface area contributed by atoms with Crippen LogP contribution in [0.25, 0.3) is 0 Å². The highest BCUT2D eigenvalue weighted by Gasteiger charge is 2.05. The Hall–Kier alpha value is -0.0800. The number of hydrogen-bond donors (Lipinski definition) is 1. The minimum Gasteiger partial charge on any atom is -0.330 e. The standard InChI is InChI=1S/C9H22N2/c1-4-6-11(3)8-9(5-2)7-10/h9H,4-8,10H2,1-3H3. The van der Waals surface area contributed by atoms with Crippen LogP contribution in [0.15, 0.2) is 0 Å². The average molecular weight is 158 g/mol. The first kappa shape index (κ1) is 10.9. The van der Waals surface area contributed by atoms with Crippen molar-refractivity contribution in [2.24, 2.45) is 11.7 Å². The first-order valence-corrected chi connectivity index (χ1v) is 4.63. The molecule has 2 heteroatoms. The van der Waals surface area contributed by atoms with Crippen LogP contribution in [0, 0.1) is 5.92 Å². The molecule has 2 N–H and O–H groups in total. The Kier molecular flexibility index (Phi) is 6.57. The molecule has 68 valence electrons. The van der Waals surface area contributed by atoms with Gasteiger partial charge in [0.15, 0.2) is 0 Å². The molecule has 0 spiro atoms. The highest BCUT2D eigenvalue weighted by Crippen LogP contribution is 2.02. The molecule has 1 atom stereocenters. The van der Waals surface area contributed by atoms with Crippen molar-refractivity contribution >= 4 is 0 Å². The molecule has 0 aromatic rings. The van der Waals surface area contributed by atoms with Crippen molar-refractivity contribution in [3.63, 3.8) is 0 Å². The minimum atomic E-state index is 0.687. The van der Waals surface area contributed by atoms with E-state index in [1.54, 1.807) is 0 Å². The normalized spacial score (nSPS) is 13.9. The van der Waals surface area contributed by atoms with Crippen LogP contribution >= 0.6 is 0 Å². The fraction of sp³-hybridized carbons (Fsp3) is 1.00. The molecule has 0 aliphatic rings. The first-order chi connectivity index (χ1) is 5.24. The molecule has 0 fully saturated rings. The van der Waals surface area contributed by atoms with Crippen molar-refractivity contribution in [1.82, 2.24) is 4.90 Å². The Morgan fingerprint density at radius 3 is 2.36 bits per heavy atom. The van der Waals surface area contributed by atoms with Crippen molar-refractivity contribution in [2.75, 3.05) is 26.7 Å². The summed E-state index contributed by atoms with van der Waals surface area (Å²) in [4.78, 5) is 2.36. The van der Waals surface area contributed by atoms with Gasteiger partial charge in [-0.1, -0.05) is 20.3 Å². The maximum Gasteiger partial charge on any atom is 0.00186 e. The van der Waals surface area contributed by atoms with Gasteiger partial charge in [0.1, 0.15) is 0 Å². The van der Waals surface area contributed by atoms with Crippen molar-refractivity contribution in [1.29, 1.82) is 0 Å². The van der Waals surface area contributed by atoms with Crippen molar-refractivity contribution in [3.05, 3.63) is 0 Å². The third-order valence-corrected chi connectivity index (χ3v) is 2.09. The number of hydrogen-bond acceptors (Lipinski definition) is 2. The molecule has 2 nitrogen and oxygen atoms in total. The van der Waals surface area contributed by atoms with Crippen molar-refractivity contribution in [3.8, 4) is 0 Å². The summed E-state index contributed by atoms with van der Waals surface area (Å²) in [6.45, 7) is 7.58. The fourth-order valence-electron chi connectivity index (χ4n) is 1.28. The Bertz CT molecular complexity index is 79.6. The summed E-state index contributed by atoms with van der Waals surface area (Å²) in [5.74, 6) is 0.687. The maximum atomic E-state index is 5.60. The third-order valence-electron chi connectivity index (χ3n) is 2.09. The average Bonchev–Trinajstić information content (AvgIpc) is 2.01. The minimum absolute atomic E-state index is 0.687. The largest absolute Gasteiger partial charge is 0.330 e. The zero-order valence-electron chi connectivity index (χ0n) is 8.14. The molecule has 0 aromatic carbocycles. The van der Waals surface area contributed by atoms with E-state index in [-0.39, 0.29) is 0 Å². The second kappa shape index (κ2) is 6.62. The highest BCUT2D eigenvalue weighted by atomic mass is 15.1. The molecular weight excluding hydrogens is 136 g/mol. The van der Waals surface area contributed by atoms with Crippen LogP contribution in [0.3, 0.4) is 0 Å². The quantitative estimate of drug-likeness (QED) is 0.631. The lowest BCUT2D eigenvalue weighted by molar-refractivity contribution is 0.275. The van der Waals surface area contributed by atoms with Gasteiger partial charge in [-0.15, -0.1) is 0 Å². The molecule has 0 heterocycles. The van der Waals surface area contributed by atoms with Gasteiger partial charge in [-0.2, -0.15) is 0 Å². The van der Waals surface area contributed by atoms with Crippen molar-refractivity contribution in [2.45, 2.75) is 26.7 Å². The van der Waals surface area contributed by atoms with Gasteiger partial charge in [0.2, 0.25) is 0 Å². The van der Waals surface area contributed by atoms with Crippen LogP contribution in [0.4, 0.5) is 0 Å². The SMILES string of the molecule is CCCN(C)CC(CC)CN. The van der Waals surface area contributed by atoms with Gasteiger partial charge < -0.3 is 10.6 Å². The smallest absolute Gasteiger partial charge is 0.00186 e. The van der Waals surface area contributed by atoms with Crippen LogP contribution in [0.2, 0.25) is 0 Å². The summed E-state index contributed by atoms with van der Waals surface area (Å²) in [5, 5.41) is 0. The van der Waals surface area contributed by atoms with E-state index in [2.05, 4.69) is 25.8 Å². The fourth-order valence-corrected chi connectivity index (χ4v) is 1.28. The van der Waals surface area contributed by atoms with Gasteiger partial charge in [-0.05, 0) is 32.5 Å². The summed E-state index contributed by atoms with van der Waals surface area (Å²) < 4.78 is 0. The predicted molar refractivity (Wildman–Crippen MR) is 50.6 cm³/mol. The van der Waals surface area contributed by atoms with E-state index < -0.39 is 0 Å². The summed E-state index contributed by atoms with van der Waals surface area (Å²) in [6, 6.07) is 0. The Morgan fingerprint density at radius 2 is 2.00 bits per heavy atom. The van der Waals surface area contributed by atoms with Crippen LogP contribution in [-0.2, 0) is 0 Å². The Morgan fingerprint density at radius 1 is 1.36 bits per heavy atom. The van der Waals surface area contributed by atoms with E-state index in [0.717, 1.165) is 13.1 Å².